The van der Waals surface area contributed by atoms with Crippen LogP contribution in [0.4, 0.5) is 10.1 Å². The molecule has 146 valence electrons. The quantitative estimate of drug-likeness (QED) is 0.556. The lowest BCUT2D eigenvalue weighted by atomic mass is 10.1. The van der Waals surface area contributed by atoms with E-state index in [1.165, 1.54) is 18.6 Å². The van der Waals surface area contributed by atoms with Crippen LogP contribution in [0.3, 0.4) is 0 Å². The van der Waals surface area contributed by atoms with Crippen LogP contribution in [-0.4, -0.2) is 33.8 Å². The van der Waals surface area contributed by atoms with Gasteiger partial charge >= 0.3 is 0 Å². The number of carbonyl (C=O) groups is 1. The number of likely N-dealkylation sites (tertiary alicyclic amines) is 1. The van der Waals surface area contributed by atoms with Crippen molar-refractivity contribution in [2.24, 2.45) is 0 Å². The van der Waals surface area contributed by atoms with Gasteiger partial charge in [0.05, 0.1) is 17.4 Å². The average molecular weight is 388 g/mol. The van der Waals surface area contributed by atoms with Gasteiger partial charge in [-0.05, 0) is 73.6 Å². The largest absolute Gasteiger partial charge is 0.321 e. The van der Waals surface area contributed by atoms with Gasteiger partial charge in [0.15, 0.2) is 0 Å². The first-order valence-electron chi connectivity index (χ1n) is 9.76. The number of nitrogens with zero attached hydrogens (tertiary/aromatic N) is 3. The SMILES string of the molecule is CN1CCC[C@@H]1c1cn2cc(NC(=O)c3ccc4cc(F)ccc4c3)ccc2n1. The van der Waals surface area contributed by atoms with E-state index in [1.54, 1.807) is 24.3 Å². The number of halogens is 1. The number of imidazole rings is 1. The first kappa shape index (κ1) is 17.8. The molecule has 1 atom stereocenters. The highest BCUT2D eigenvalue weighted by atomic mass is 19.1. The summed E-state index contributed by atoms with van der Waals surface area (Å²) in [6, 6.07) is 13.9. The maximum atomic E-state index is 13.3. The van der Waals surface area contributed by atoms with Gasteiger partial charge in [0, 0.05) is 18.0 Å². The zero-order valence-corrected chi connectivity index (χ0v) is 16.1. The van der Waals surface area contributed by atoms with E-state index >= 15 is 0 Å². The van der Waals surface area contributed by atoms with Gasteiger partial charge in [-0.15, -0.1) is 0 Å². The van der Waals surface area contributed by atoms with Crippen LogP contribution < -0.4 is 5.32 Å². The van der Waals surface area contributed by atoms with Crippen molar-refractivity contribution in [1.29, 1.82) is 0 Å². The molecule has 1 fully saturated rings. The summed E-state index contributed by atoms with van der Waals surface area (Å²) in [4.78, 5) is 19.8. The van der Waals surface area contributed by atoms with Gasteiger partial charge in [0.25, 0.3) is 5.91 Å². The van der Waals surface area contributed by atoms with Crippen molar-refractivity contribution in [3.63, 3.8) is 0 Å². The van der Waals surface area contributed by atoms with Crippen LogP contribution in [-0.2, 0) is 0 Å². The Kier molecular flexibility index (Phi) is 4.28. The highest BCUT2D eigenvalue weighted by molar-refractivity contribution is 6.06. The molecule has 1 N–H and O–H groups in total. The lowest BCUT2D eigenvalue weighted by Crippen LogP contribution is -2.17. The normalized spacial score (nSPS) is 17.2. The molecule has 1 aliphatic heterocycles. The third kappa shape index (κ3) is 3.36. The van der Waals surface area contributed by atoms with Crippen LogP contribution in [0.5, 0.6) is 0 Å². The molecule has 2 aromatic heterocycles. The van der Waals surface area contributed by atoms with Gasteiger partial charge in [-0.2, -0.15) is 0 Å². The van der Waals surface area contributed by atoms with E-state index in [1.807, 2.05) is 28.9 Å². The summed E-state index contributed by atoms with van der Waals surface area (Å²) in [5.74, 6) is -0.488. The van der Waals surface area contributed by atoms with Crippen molar-refractivity contribution in [1.82, 2.24) is 14.3 Å². The van der Waals surface area contributed by atoms with Gasteiger partial charge in [-0.1, -0.05) is 12.1 Å². The number of aromatic nitrogens is 2. The molecule has 0 saturated carbocycles. The van der Waals surface area contributed by atoms with E-state index in [9.17, 15) is 9.18 Å². The Morgan fingerprint density at radius 2 is 1.93 bits per heavy atom. The third-order valence-corrected chi connectivity index (χ3v) is 5.65. The average Bonchev–Trinajstić information content (AvgIpc) is 3.32. The van der Waals surface area contributed by atoms with Gasteiger partial charge < -0.3 is 9.72 Å². The van der Waals surface area contributed by atoms with Crippen molar-refractivity contribution in [2.75, 3.05) is 18.9 Å². The van der Waals surface area contributed by atoms with Crippen LogP contribution in [0, 0.1) is 5.82 Å². The summed E-state index contributed by atoms with van der Waals surface area (Å²) < 4.78 is 15.3. The molecular weight excluding hydrogens is 367 g/mol. The number of rotatable bonds is 3. The smallest absolute Gasteiger partial charge is 0.255 e. The summed E-state index contributed by atoms with van der Waals surface area (Å²) in [5, 5.41) is 4.54. The second-order valence-electron chi connectivity index (χ2n) is 7.65. The predicted molar refractivity (Wildman–Crippen MR) is 112 cm³/mol. The number of hydrogen-bond acceptors (Lipinski definition) is 3. The molecule has 0 bridgehead atoms. The standard InChI is InChI=1S/C23H21FN4O/c1-27-10-2-3-21(27)20-14-28-13-19(8-9-22(28)26-20)25-23(29)17-5-4-16-12-18(24)7-6-15(16)11-17/h4-9,11-14,21H,2-3,10H2,1H3,(H,25,29)/t21-/m1/s1. The second-order valence-corrected chi connectivity index (χ2v) is 7.65. The van der Waals surface area contributed by atoms with Crippen LogP contribution in [0.1, 0.15) is 34.9 Å². The Morgan fingerprint density at radius 3 is 2.76 bits per heavy atom. The Morgan fingerprint density at radius 1 is 1.10 bits per heavy atom. The molecule has 3 heterocycles. The molecule has 4 aromatic rings. The van der Waals surface area contributed by atoms with Gasteiger partial charge in [0.2, 0.25) is 0 Å². The van der Waals surface area contributed by atoms with Gasteiger partial charge in [-0.25, -0.2) is 9.37 Å². The minimum absolute atomic E-state index is 0.202. The number of nitrogens with one attached hydrogen (secondary N) is 1. The Balaban J connectivity index is 1.39. The molecule has 0 unspecified atom stereocenters. The van der Waals surface area contributed by atoms with Crippen LogP contribution in [0.2, 0.25) is 0 Å². The minimum Gasteiger partial charge on any atom is -0.321 e. The molecule has 6 heteroatoms. The predicted octanol–water partition coefficient (Wildman–Crippen LogP) is 4.65. The number of carbonyl (C=O) groups excluding carboxylic acids is 1. The van der Waals surface area contributed by atoms with E-state index in [0.29, 0.717) is 17.3 Å². The van der Waals surface area contributed by atoms with E-state index in [4.69, 9.17) is 4.98 Å². The van der Waals surface area contributed by atoms with E-state index < -0.39 is 0 Å². The second kappa shape index (κ2) is 6.97. The van der Waals surface area contributed by atoms with Gasteiger partial charge in [0.1, 0.15) is 11.5 Å². The van der Waals surface area contributed by atoms with Crippen LogP contribution in [0.25, 0.3) is 16.4 Å². The molecule has 0 aliphatic carbocycles. The van der Waals surface area contributed by atoms with Crippen molar-refractivity contribution in [2.45, 2.75) is 18.9 Å². The number of amides is 1. The Hall–Kier alpha value is -3.25. The molecule has 5 rings (SSSR count). The molecule has 5 nitrogen and oxygen atoms in total. The topological polar surface area (TPSA) is 49.6 Å². The van der Waals surface area contributed by atoms with Crippen LogP contribution in [0.15, 0.2) is 60.9 Å². The van der Waals surface area contributed by atoms with E-state index in [0.717, 1.165) is 35.1 Å². The number of pyridine rings is 1. The molecule has 1 saturated heterocycles. The number of hydrogen-bond donors (Lipinski definition) is 1. The van der Waals surface area contributed by atoms with E-state index in [-0.39, 0.29) is 11.7 Å². The fourth-order valence-electron chi connectivity index (χ4n) is 4.09. The first-order valence-corrected chi connectivity index (χ1v) is 9.76. The van der Waals surface area contributed by atoms with Crippen molar-refractivity contribution in [3.8, 4) is 0 Å². The Labute approximate surface area is 167 Å². The molecule has 0 radical (unpaired) electrons. The summed E-state index contributed by atoms with van der Waals surface area (Å²) >= 11 is 0. The molecule has 1 amide bonds. The number of anilines is 1. The van der Waals surface area contributed by atoms with Gasteiger partial charge in [-0.3, -0.25) is 9.69 Å². The lowest BCUT2D eigenvalue weighted by Gasteiger charge is -2.16. The maximum absolute atomic E-state index is 13.3. The summed E-state index contributed by atoms with van der Waals surface area (Å²) in [6.45, 7) is 1.10. The first-order chi connectivity index (χ1) is 14.1. The molecular formula is C23H21FN4O. The fourth-order valence-corrected chi connectivity index (χ4v) is 4.09. The summed E-state index contributed by atoms with van der Waals surface area (Å²) in [5.41, 5.74) is 3.16. The highest BCUT2D eigenvalue weighted by Crippen LogP contribution is 2.30. The zero-order chi connectivity index (χ0) is 20.0. The zero-order valence-electron chi connectivity index (χ0n) is 16.1. The third-order valence-electron chi connectivity index (χ3n) is 5.65. The molecule has 29 heavy (non-hydrogen) atoms. The highest BCUT2D eigenvalue weighted by Gasteiger charge is 2.24. The summed E-state index contributed by atoms with van der Waals surface area (Å²) in [6.07, 6.45) is 6.24. The number of benzene rings is 2. The minimum atomic E-state index is -0.286. The van der Waals surface area contributed by atoms with Crippen molar-refractivity contribution < 1.29 is 9.18 Å². The van der Waals surface area contributed by atoms with Crippen molar-refractivity contribution >= 4 is 28.0 Å². The monoisotopic (exact) mass is 388 g/mol. The number of fused-ring (bicyclic) bond motifs is 2. The van der Waals surface area contributed by atoms with E-state index in [2.05, 4.69) is 17.3 Å². The van der Waals surface area contributed by atoms with Crippen molar-refractivity contribution in [3.05, 3.63) is 78.0 Å². The van der Waals surface area contributed by atoms with Crippen LogP contribution >= 0.6 is 0 Å². The summed E-state index contributed by atoms with van der Waals surface area (Å²) in [7, 11) is 2.13. The molecule has 1 aliphatic rings. The fraction of sp³-hybridized carbons (Fsp3) is 0.217. The Bertz CT molecular complexity index is 1230. The maximum Gasteiger partial charge on any atom is 0.255 e. The molecule has 0 spiro atoms. The lowest BCUT2D eigenvalue weighted by molar-refractivity contribution is 0.102. The molecule has 2 aromatic carbocycles.